The van der Waals surface area contributed by atoms with Gasteiger partial charge in [-0.3, -0.25) is 9.59 Å². The lowest BCUT2D eigenvalue weighted by atomic mass is 9.33. The summed E-state index contributed by atoms with van der Waals surface area (Å²) in [5, 5.41) is 0. The van der Waals surface area contributed by atoms with Gasteiger partial charge in [-0.25, -0.2) is 0 Å². The number of carbonyl (C=O) groups excluding carboxylic acids is 2. The van der Waals surface area contributed by atoms with Gasteiger partial charge in [0.25, 0.3) is 0 Å². The minimum Gasteiger partial charge on any atom is -0.462 e. The maximum atomic E-state index is 14.2. The number of ether oxygens (including phenoxy) is 2. The minimum absolute atomic E-state index is 0.00401. The van der Waals surface area contributed by atoms with Crippen molar-refractivity contribution in [2.75, 3.05) is 0 Å². The summed E-state index contributed by atoms with van der Waals surface area (Å²) in [4.78, 5) is 26.6. The molecule has 0 unspecified atom stereocenters. The second-order valence-corrected chi connectivity index (χ2v) is 17.6. The standard InChI is InChI=1S/C40H58O4/c1-9-33(41)44-32-18-19-37(6)30(36(32,4)5)17-20-39(8)31(37)16-15-28-29-25-35(2,3)21-23-40(29,24-22-38(28,39)7)34(42)43-26-27-13-11-10-12-14-27/h10-15,29-32H,9,16-26H2,1-8H3/t29-,30-,31+,32-,37-,38+,39+,40-/m0/s1. The van der Waals surface area contributed by atoms with E-state index in [0.717, 1.165) is 56.9 Å². The second kappa shape index (κ2) is 10.7. The highest BCUT2D eigenvalue weighted by atomic mass is 16.5. The SMILES string of the molecule is CCC(=O)O[C@H]1CC[C@]2(C)[C@H]3CC=C4[C@@H]5CC(C)(C)CC[C@]5(C(=O)OCc5ccccc5)CC[C@@]4(C)[C@]3(C)CC[C@H]2C1(C)C. The summed E-state index contributed by atoms with van der Waals surface area (Å²) >= 11 is 0. The molecule has 0 aliphatic heterocycles. The number of hydrogen-bond donors (Lipinski definition) is 0. The predicted molar refractivity (Wildman–Crippen MR) is 175 cm³/mol. The van der Waals surface area contributed by atoms with Gasteiger partial charge < -0.3 is 9.47 Å². The molecule has 0 bridgehead atoms. The van der Waals surface area contributed by atoms with E-state index in [1.165, 1.54) is 12.8 Å². The van der Waals surface area contributed by atoms with Gasteiger partial charge >= 0.3 is 11.9 Å². The molecule has 4 fully saturated rings. The van der Waals surface area contributed by atoms with E-state index in [0.29, 0.717) is 24.9 Å². The lowest BCUT2D eigenvalue weighted by molar-refractivity contribution is -0.214. The van der Waals surface area contributed by atoms with Crippen molar-refractivity contribution >= 4 is 11.9 Å². The zero-order chi connectivity index (χ0) is 31.8. The van der Waals surface area contributed by atoms with Gasteiger partial charge in [0.15, 0.2) is 0 Å². The molecule has 0 heterocycles. The average Bonchev–Trinajstić information content (AvgIpc) is 2.98. The van der Waals surface area contributed by atoms with Crippen molar-refractivity contribution < 1.29 is 19.1 Å². The first-order chi connectivity index (χ1) is 20.6. The number of benzene rings is 1. The Labute approximate surface area is 267 Å². The Morgan fingerprint density at radius 2 is 1.55 bits per heavy atom. The number of hydrogen-bond acceptors (Lipinski definition) is 4. The normalized spacial score (nSPS) is 42.0. The van der Waals surface area contributed by atoms with Crippen molar-refractivity contribution in [3.05, 3.63) is 47.5 Å². The Bertz CT molecular complexity index is 1310. The van der Waals surface area contributed by atoms with E-state index in [1.54, 1.807) is 5.57 Å². The first-order valence-corrected chi connectivity index (χ1v) is 17.7. The molecule has 242 valence electrons. The summed E-state index contributed by atoms with van der Waals surface area (Å²) in [6.45, 7) is 19.6. The van der Waals surface area contributed by atoms with Gasteiger partial charge in [0.1, 0.15) is 12.7 Å². The van der Waals surface area contributed by atoms with E-state index in [1.807, 2.05) is 25.1 Å². The summed E-state index contributed by atoms with van der Waals surface area (Å²) in [6.07, 6.45) is 13.7. The lowest BCUT2D eigenvalue weighted by Crippen LogP contribution is -2.65. The highest BCUT2D eigenvalue weighted by molar-refractivity contribution is 5.79. The van der Waals surface area contributed by atoms with Crippen LogP contribution < -0.4 is 0 Å². The van der Waals surface area contributed by atoms with Crippen molar-refractivity contribution in [2.45, 2.75) is 139 Å². The van der Waals surface area contributed by atoms with E-state index >= 15 is 0 Å². The molecule has 8 atom stereocenters. The van der Waals surface area contributed by atoms with E-state index in [-0.39, 0.29) is 51.0 Å². The molecular weight excluding hydrogens is 544 g/mol. The van der Waals surface area contributed by atoms with Gasteiger partial charge in [0, 0.05) is 11.8 Å². The quantitative estimate of drug-likeness (QED) is 0.249. The summed E-state index contributed by atoms with van der Waals surface area (Å²) in [5.41, 5.74) is 2.85. The van der Waals surface area contributed by atoms with Crippen molar-refractivity contribution in [2.24, 2.45) is 50.2 Å². The van der Waals surface area contributed by atoms with Gasteiger partial charge in [-0.1, -0.05) is 97.4 Å². The molecule has 0 saturated heterocycles. The van der Waals surface area contributed by atoms with Crippen molar-refractivity contribution in [1.82, 2.24) is 0 Å². The first-order valence-electron chi connectivity index (χ1n) is 17.7. The molecule has 0 N–H and O–H groups in total. The van der Waals surface area contributed by atoms with Crippen molar-refractivity contribution in [3.63, 3.8) is 0 Å². The van der Waals surface area contributed by atoms with Gasteiger partial charge in [0.05, 0.1) is 5.41 Å². The van der Waals surface area contributed by atoms with Crippen LogP contribution in [-0.4, -0.2) is 18.0 Å². The third kappa shape index (κ3) is 4.65. The van der Waals surface area contributed by atoms with Crippen LogP contribution in [0.5, 0.6) is 0 Å². The van der Waals surface area contributed by atoms with Crippen LogP contribution in [0.2, 0.25) is 0 Å². The maximum absolute atomic E-state index is 14.2. The molecule has 1 aromatic carbocycles. The van der Waals surface area contributed by atoms with Gasteiger partial charge in [-0.2, -0.15) is 0 Å². The third-order valence-corrected chi connectivity index (χ3v) is 14.8. The molecule has 1 aromatic rings. The second-order valence-electron chi connectivity index (χ2n) is 17.6. The molecule has 4 nitrogen and oxygen atoms in total. The zero-order valence-electron chi connectivity index (χ0n) is 28.9. The molecule has 4 heteroatoms. The van der Waals surface area contributed by atoms with Gasteiger partial charge in [0.2, 0.25) is 0 Å². The number of rotatable bonds is 5. The Balaban J connectivity index is 1.33. The molecule has 4 saturated carbocycles. The fourth-order valence-electron chi connectivity index (χ4n) is 11.9. The Morgan fingerprint density at radius 1 is 0.841 bits per heavy atom. The number of allylic oxidation sites excluding steroid dienone is 2. The highest BCUT2D eigenvalue weighted by Gasteiger charge is 2.69. The van der Waals surface area contributed by atoms with E-state index in [2.05, 4.69) is 66.7 Å². The van der Waals surface area contributed by atoms with Crippen LogP contribution in [0, 0.1) is 50.2 Å². The van der Waals surface area contributed by atoms with Crippen LogP contribution in [0.15, 0.2) is 42.0 Å². The van der Waals surface area contributed by atoms with Crippen LogP contribution >= 0.6 is 0 Å². The minimum atomic E-state index is -0.414. The maximum Gasteiger partial charge on any atom is 0.313 e. The van der Waals surface area contributed by atoms with Crippen LogP contribution in [-0.2, 0) is 25.7 Å². The zero-order valence-corrected chi connectivity index (χ0v) is 28.9. The summed E-state index contributed by atoms with van der Waals surface area (Å²) in [6, 6.07) is 10.1. The van der Waals surface area contributed by atoms with E-state index < -0.39 is 5.41 Å². The number of fused-ring (bicyclic) bond motifs is 7. The fraction of sp³-hybridized carbons (Fsp3) is 0.750. The van der Waals surface area contributed by atoms with Crippen LogP contribution in [0.25, 0.3) is 0 Å². The molecule has 0 aromatic heterocycles. The molecule has 0 amide bonds. The Hall–Kier alpha value is -2.10. The van der Waals surface area contributed by atoms with Crippen LogP contribution in [0.1, 0.15) is 132 Å². The Morgan fingerprint density at radius 3 is 2.25 bits per heavy atom. The number of carbonyl (C=O) groups is 2. The lowest BCUT2D eigenvalue weighted by Gasteiger charge is -2.71. The van der Waals surface area contributed by atoms with Crippen LogP contribution in [0.3, 0.4) is 0 Å². The van der Waals surface area contributed by atoms with Crippen molar-refractivity contribution in [1.29, 1.82) is 0 Å². The first kappa shape index (κ1) is 31.9. The van der Waals surface area contributed by atoms with E-state index in [9.17, 15) is 9.59 Å². The van der Waals surface area contributed by atoms with Gasteiger partial charge in [-0.05, 0) is 109 Å². The molecule has 0 spiro atoms. The predicted octanol–water partition coefficient (Wildman–Crippen LogP) is 9.85. The summed E-state index contributed by atoms with van der Waals surface area (Å²) < 4.78 is 12.3. The molecule has 5 aliphatic carbocycles. The largest absolute Gasteiger partial charge is 0.462 e. The molecule has 44 heavy (non-hydrogen) atoms. The Kier molecular flexibility index (Phi) is 7.77. The van der Waals surface area contributed by atoms with Crippen molar-refractivity contribution in [3.8, 4) is 0 Å². The fourth-order valence-corrected chi connectivity index (χ4v) is 11.9. The topological polar surface area (TPSA) is 52.6 Å². The molecule has 0 radical (unpaired) electrons. The molecule has 6 rings (SSSR count). The summed E-state index contributed by atoms with van der Waals surface area (Å²) in [7, 11) is 0. The average molecular weight is 603 g/mol. The van der Waals surface area contributed by atoms with Crippen LogP contribution in [0.4, 0.5) is 0 Å². The summed E-state index contributed by atoms with van der Waals surface area (Å²) in [5.74, 6) is 1.33. The number of esters is 2. The third-order valence-electron chi connectivity index (χ3n) is 14.8. The van der Waals surface area contributed by atoms with Gasteiger partial charge in [-0.15, -0.1) is 0 Å². The molecular formula is C40H58O4. The monoisotopic (exact) mass is 602 g/mol. The smallest absolute Gasteiger partial charge is 0.313 e. The molecule has 5 aliphatic rings. The van der Waals surface area contributed by atoms with E-state index in [4.69, 9.17) is 9.47 Å². The highest BCUT2D eigenvalue weighted by Crippen LogP contribution is 2.76.